The Morgan fingerprint density at radius 2 is 1.94 bits per heavy atom. The lowest BCUT2D eigenvalue weighted by molar-refractivity contribution is -0.402. The number of hydrogen-bond donors (Lipinski definition) is 0. The van der Waals surface area contributed by atoms with Gasteiger partial charge in [0.25, 0.3) is 0 Å². The third-order valence-corrected chi connectivity index (χ3v) is 3.01. The molecule has 0 aliphatic carbocycles. The van der Waals surface area contributed by atoms with Crippen LogP contribution in [0.15, 0.2) is 40.8 Å². The maximum absolute atomic E-state index is 10.5. The van der Waals surface area contributed by atoms with Gasteiger partial charge in [0.15, 0.2) is 0 Å². The van der Waals surface area contributed by atoms with Crippen molar-refractivity contribution < 1.29 is 9.34 Å². The first-order valence-corrected chi connectivity index (χ1v) is 5.93. The first kappa shape index (κ1) is 12.6. The van der Waals surface area contributed by atoms with Gasteiger partial charge in [0.1, 0.15) is 10.7 Å². The minimum absolute atomic E-state index is 0.278. The molecule has 94 valence electrons. The number of alkyl halides is 1. The minimum atomic E-state index is -0.570. The number of nitro groups is 1. The minimum Gasteiger partial charge on any atom is -0.404 e. The second-order valence-electron chi connectivity index (χ2n) is 4.09. The van der Waals surface area contributed by atoms with Gasteiger partial charge in [-0.1, -0.05) is 29.8 Å². The lowest BCUT2D eigenvalue weighted by Gasteiger charge is -2.06. The Balaban J connectivity index is 2.09. The quantitative estimate of drug-likeness (QED) is 0.477. The molecule has 1 heterocycles. The summed E-state index contributed by atoms with van der Waals surface area (Å²) < 4.78 is 5.07. The molecule has 4 nitrogen and oxygen atoms in total. The maximum Gasteiger partial charge on any atom is 0.433 e. The first-order valence-electron chi connectivity index (χ1n) is 5.50. The number of hydrogen-bond acceptors (Lipinski definition) is 3. The topological polar surface area (TPSA) is 56.3 Å². The standard InChI is InChI=1S/C13H12ClNO3/c1-9-2-4-10(5-3-9)8-11(14)12-6-7-13(18-12)15(16)17/h2-7,11H,8H2,1H3. The lowest BCUT2D eigenvalue weighted by Crippen LogP contribution is -1.94. The summed E-state index contributed by atoms with van der Waals surface area (Å²) in [6, 6.07) is 10.8. The molecule has 1 unspecified atom stereocenters. The molecule has 18 heavy (non-hydrogen) atoms. The fourth-order valence-electron chi connectivity index (χ4n) is 1.64. The molecule has 0 amide bonds. The highest BCUT2D eigenvalue weighted by Gasteiger charge is 2.18. The van der Waals surface area contributed by atoms with Gasteiger partial charge in [-0.15, -0.1) is 11.6 Å². The normalized spacial score (nSPS) is 12.3. The van der Waals surface area contributed by atoms with E-state index in [1.165, 1.54) is 11.6 Å². The zero-order valence-corrected chi connectivity index (χ0v) is 10.6. The van der Waals surface area contributed by atoms with E-state index < -0.39 is 10.3 Å². The van der Waals surface area contributed by atoms with E-state index in [1.54, 1.807) is 6.07 Å². The summed E-state index contributed by atoms with van der Waals surface area (Å²) in [5.41, 5.74) is 2.25. The van der Waals surface area contributed by atoms with Crippen molar-refractivity contribution in [1.29, 1.82) is 0 Å². The molecule has 0 saturated heterocycles. The van der Waals surface area contributed by atoms with Crippen LogP contribution in [-0.2, 0) is 6.42 Å². The Morgan fingerprint density at radius 1 is 1.28 bits per heavy atom. The highest BCUT2D eigenvalue weighted by Crippen LogP contribution is 2.29. The largest absolute Gasteiger partial charge is 0.433 e. The Kier molecular flexibility index (Phi) is 3.67. The molecule has 0 aliphatic rings. The van der Waals surface area contributed by atoms with Crippen molar-refractivity contribution in [2.24, 2.45) is 0 Å². The van der Waals surface area contributed by atoms with E-state index in [-0.39, 0.29) is 5.88 Å². The first-order chi connectivity index (χ1) is 8.56. The van der Waals surface area contributed by atoms with Gasteiger partial charge in [-0.25, -0.2) is 0 Å². The Bertz CT molecular complexity index is 548. The van der Waals surface area contributed by atoms with Gasteiger partial charge in [0.05, 0.1) is 11.4 Å². The SMILES string of the molecule is Cc1ccc(CC(Cl)c2ccc([N+](=O)[O-])o2)cc1. The van der Waals surface area contributed by atoms with E-state index >= 15 is 0 Å². The maximum atomic E-state index is 10.5. The molecule has 0 N–H and O–H groups in total. The van der Waals surface area contributed by atoms with Gasteiger partial charge in [0.2, 0.25) is 0 Å². The number of furan rings is 1. The predicted molar refractivity (Wildman–Crippen MR) is 68.8 cm³/mol. The van der Waals surface area contributed by atoms with E-state index in [1.807, 2.05) is 31.2 Å². The van der Waals surface area contributed by atoms with Crippen molar-refractivity contribution >= 4 is 17.5 Å². The van der Waals surface area contributed by atoms with Crippen molar-refractivity contribution in [3.8, 4) is 0 Å². The highest BCUT2D eigenvalue weighted by atomic mass is 35.5. The number of halogens is 1. The number of rotatable bonds is 4. The van der Waals surface area contributed by atoms with Crippen LogP contribution < -0.4 is 0 Å². The predicted octanol–water partition coefficient (Wildman–Crippen LogP) is 4.02. The molecular weight excluding hydrogens is 254 g/mol. The Hall–Kier alpha value is -1.81. The van der Waals surface area contributed by atoms with Gasteiger partial charge in [-0.05, 0) is 25.0 Å². The highest BCUT2D eigenvalue weighted by molar-refractivity contribution is 6.20. The van der Waals surface area contributed by atoms with Crippen LogP contribution >= 0.6 is 11.6 Å². The van der Waals surface area contributed by atoms with Crippen molar-refractivity contribution in [2.75, 3.05) is 0 Å². The van der Waals surface area contributed by atoms with Crippen molar-refractivity contribution in [3.05, 3.63) is 63.4 Å². The summed E-state index contributed by atoms with van der Waals surface area (Å²) in [4.78, 5) is 9.93. The van der Waals surface area contributed by atoms with Crippen molar-refractivity contribution in [2.45, 2.75) is 18.7 Å². The van der Waals surface area contributed by atoms with Crippen LogP contribution in [0.2, 0.25) is 0 Å². The molecule has 1 aromatic heterocycles. The van der Waals surface area contributed by atoms with Crippen molar-refractivity contribution in [3.63, 3.8) is 0 Å². The van der Waals surface area contributed by atoms with E-state index in [0.29, 0.717) is 12.2 Å². The molecule has 1 atom stereocenters. The van der Waals surface area contributed by atoms with E-state index in [0.717, 1.165) is 5.56 Å². The van der Waals surface area contributed by atoms with Crippen LogP contribution in [0.5, 0.6) is 0 Å². The number of nitrogens with zero attached hydrogens (tertiary/aromatic N) is 1. The molecule has 0 saturated carbocycles. The monoisotopic (exact) mass is 265 g/mol. The summed E-state index contributed by atoms with van der Waals surface area (Å²) in [5.74, 6) is 0.142. The van der Waals surface area contributed by atoms with Gasteiger partial charge in [-0.3, -0.25) is 10.1 Å². The fraction of sp³-hybridized carbons (Fsp3) is 0.231. The van der Waals surface area contributed by atoms with Gasteiger partial charge in [-0.2, -0.15) is 0 Å². The average Bonchev–Trinajstić information content (AvgIpc) is 2.81. The van der Waals surface area contributed by atoms with Gasteiger partial charge < -0.3 is 4.42 Å². The summed E-state index contributed by atoms with van der Waals surface area (Å²) in [7, 11) is 0. The van der Waals surface area contributed by atoms with E-state index in [9.17, 15) is 10.1 Å². The zero-order valence-electron chi connectivity index (χ0n) is 9.80. The summed E-state index contributed by atoms with van der Waals surface area (Å²) >= 11 is 6.18. The Morgan fingerprint density at radius 3 is 2.50 bits per heavy atom. The molecule has 0 fully saturated rings. The fourth-order valence-corrected chi connectivity index (χ4v) is 1.94. The molecule has 1 aromatic carbocycles. The van der Waals surface area contributed by atoms with Crippen LogP contribution in [0.25, 0.3) is 0 Å². The van der Waals surface area contributed by atoms with Crippen molar-refractivity contribution in [1.82, 2.24) is 0 Å². The summed E-state index contributed by atoms with van der Waals surface area (Å²) in [6.07, 6.45) is 0.576. The number of benzene rings is 1. The molecule has 2 aromatic rings. The molecule has 0 spiro atoms. The van der Waals surface area contributed by atoms with Gasteiger partial charge in [0, 0.05) is 0 Å². The molecule has 0 aliphatic heterocycles. The number of aryl methyl sites for hydroxylation is 1. The molecule has 0 radical (unpaired) electrons. The lowest BCUT2D eigenvalue weighted by atomic mass is 10.1. The summed E-state index contributed by atoms with van der Waals surface area (Å²) in [5, 5.41) is 10.1. The average molecular weight is 266 g/mol. The van der Waals surface area contributed by atoms with Crippen LogP contribution in [0.4, 0.5) is 5.88 Å². The second kappa shape index (κ2) is 5.23. The van der Waals surface area contributed by atoms with Crippen LogP contribution in [-0.4, -0.2) is 4.92 Å². The van der Waals surface area contributed by atoms with E-state index in [4.69, 9.17) is 16.0 Å². The zero-order chi connectivity index (χ0) is 13.1. The summed E-state index contributed by atoms with van der Waals surface area (Å²) in [6.45, 7) is 2.01. The van der Waals surface area contributed by atoms with Gasteiger partial charge >= 0.3 is 5.88 Å². The third kappa shape index (κ3) is 2.90. The third-order valence-electron chi connectivity index (χ3n) is 2.64. The van der Waals surface area contributed by atoms with E-state index in [2.05, 4.69) is 0 Å². The molecule has 0 bridgehead atoms. The van der Waals surface area contributed by atoms with Crippen LogP contribution in [0, 0.1) is 17.0 Å². The Labute approximate surface area is 109 Å². The molecule has 5 heteroatoms. The second-order valence-corrected chi connectivity index (χ2v) is 4.62. The smallest absolute Gasteiger partial charge is 0.404 e. The molecule has 2 rings (SSSR count). The van der Waals surface area contributed by atoms with Crippen LogP contribution in [0.3, 0.4) is 0 Å². The van der Waals surface area contributed by atoms with Crippen LogP contribution in [0.1, 0.15) is 22.3 Å². The molecular formula is C13H12ClNO3.